The minimum absolute atomic E-state index is 0.00462. The lowest BCUT2D eigenvalue weighted by Crippen LogP contribution is -2.39. The van der Waals surface area contributed by atoms with E-state index < -0.39 is 40.2 Å². The van der Waals surface area contributed by atoms with Crippen LogP contribution in [0, 0.1) is 11.6 Å². The minimum atomic E-state index is -0.719. The van der Waals surface area contributed by atoms with Crippen LogP contribution in [0.15, 0.2) is 64.2 Å². The predicted octanol–water partition coefficient (Wildman–Crippen LogP) is 5.95. The Balaban J connectivity index is 1.83. The fourth-order valence-corrected chi connectivity index (χ4v) is 4.62. The molecule has 2 N–H and O–H groups in total. The van der Waals surface area contributed by atoms with E-state index in [0.717, 1.165) is 11.6 Å². The molecular weight excluding hydrogens is 546 g/mol. The van der Waals surface area contributed by atoms with Gasteiger partial charge in [-0.05, 0) is 80.8 Å². The largest absolute Gasteiger partial charge is 0.497 e. The van der Waals surface area contributed by atoms with Crippen molar-refractivity contribution in [1.82, 2.24) is 5.32 Å². The van der Waals surface area contributed by atoms with Gasteiger partial charge in [-0.2, -0.15) is 0 Å². The van der Waals surface area contributed by atoms with E-state index in [-0.39, 0.29) is 11.4 Å². The SMILES string of the molecule is COc1ccc(C(NC(C)c2cc(F)cc(F)c2)c2cc(Nc3c(OC(C)(C)C)c(=O)c3=O)c(OC)c(OC)c2)cc1. The molecule has 0 aliphatic heterocycles. The van der Waals surface area contributed by atoms with Gasteiger partial charge in [0.25, 0.3) is 10.9 Å². The topological polar surface area (TPSA) is 95.1 Å². The van der Waals surface area contributed by atoms with E-state index in [1.165, 1.54) is 26.4 Å². The standard InChI is InChI=1S/C32H34F2N2O6/c1-17(19-12-21(33)16-22(34)13-19)35-26(18-8-10-23(39-5)11-9-18)20-14-24(30(41-7)25(15-20)40-6)36-27-28(37)29(38)31(27)42-32(2,3)4/h8-17,26,35-36H,1-7H3. The lowest BCUT2D eigenvalue weighted by Gasteiger charge is -2.27. The monoisotopic (exact) mass is 580 g/mol. The zero-order chi connectivity index (χ0) is 30.8. The second-order valence-electron chi connectivity index (χ2n) is 10.8. The number of nitrogens with one attached hydrogen (secondary N) is 2. The maximum absolute atomic E-state index is 14.1. The van der Waals surface area contributed by atoms with E-state index in [1.807, 2.05) is 12.1 Å². The van der Waals surface area contributed by atoms with Gasteiger partial charge in [-0.25, -0.2) is 8.78 Å². The molecule has 2 atom stereocenters. The van der Waals surface area contributed by atoms with Gasteiger partial charge < -0.3 is 24.3 Å². The van der Waals surface area contributed by atoms with E-state index in [0.29, 0.717) is 34.1 Å². The van der Waals surface area contributed by atoms with E-state index in [1.54, 1.807) is 59.1 Å². The lowest BCUT2D eigenvalue weighted by molar-refractivity contribution is 0.128. The van der Waals surface area contributed by atoms with Crippen molar-refractivity contribution in [2.75, 3.05) is 26.6 Å². The van der Waals surface area contributed by atoms with Gasteiger partial charge in [0.15, 0.2) is 17.2 Å². The molecule has 4 rings (SSSR count). The number of benzene rings is 3. The summed E-state index contributed by atoms with van der Waals surface area (Å²) in [6, 6.07) is 13.2. The second kappa shape index (κ2) is 12.2. The molecule has 0 saturated carbocycles. The number of hydrogen-bond acceptors (Lipinski definition) is 8. The third-order valence-corrected chi connectivity index (χ3v) is 6.62. The minimum Gasteiger partial charge on any atom is -0.497 e. The maximum Gasteiger partial charge on any atom is 0.272 e. The Hall–Kier alpha value is -4.44. The molecule has 0 radical (unpaired) electrons. The van der Waals surface area contributed by atoms with Gasteiger partial charge in [0, 0.05) is 12.1 Å². The van der Waals surface area contributed by atoms with E-state index in [9.17, 15) is 18.4 Å². The number of rotatable bonds is 11. The van der Waals surface area contributed by atoms with Crippen molar-refractivity contribution in [3.05, 3.63) is 103 Å². The van der Waals surface area contributed by atoms with Gasteiger partial charge in [0.1, 0.15) is 28.7 Å². The highest BCUT2D eigenvalue weighted by Gasteiger charge is 2.29. The van der Waals surface area contributed by atoms with Crippen molar-refractivity contribution in [3.8, 4) is 23.0 Å². The molecule has 0 bridgehead atoms. The maximum atomic E-state index is 14.1. The summed E-state index contributed by atoms with van der Waals surface area (Å²) in [5.74, 6) is -0.134. The highest BCUT2D eigenvalue weighted by Crippen LogP contribution is 2.42. The average Bonchev–Trinajstić information content (AvgIpc) is 2.95. The Bertz CT molecular complexity index is 1620. The molecule has 0 amide bonds. The molecule has 8 nitrogen and oxygen atoms in total. The summed E-state index contributed by atoms with van der Waals surface area (Å²) in [5, 5.41) is 6.48. The molecule has 0 saturated heterocycles. The van der Waals surface area contributed by atoms with E-state index >= 15 is 0 Å². The van der Waals surface area contributed by atoms with Crippen molar-refractivity contribution in [1.29, 1.82) is 0 Å². The zero-order valence-corrected chi connectivity index (χ0v) is 24.6. The first-order chi connectivity index (χ1) is 19.8. The molecule has 0 spiro atoms. The Morgan fingerprint density at radius 3 is 1.93 bits per heavy atom. The molecule has 42 heavy (non-hydrogen) atoms. The van der Waals surface area contributed by atoms with Crippen LogP contribution in [0.5, 0.6) is 23.0 Å². The molecule has 10 heteroatoms. The number of ether oxygens (including phenoxy) is 4. The van der Waals surface area contributed by atoms with Crippen molar-refractivity contribution in [3.63, 3.8) is 0 Å². The Labute approximate surface area is 242 Å². The van der Waals surface area contributed by atoms with Crippen LogP contribution in [0.3, 0.4) is 0 Å². The smallest absolute Gasteiger partial charge is 0.272 e. The van der Waals surface area contributed by atoms with Gasteiger partial charge in [0.2, 0.25) is 0 Å². The number of anilines is 2. The fraction of sp³-hybridized carbons (Fsp3) is 0.312. The molecule has 0 fully saturated rings. The molecule has 4 aromatic carbocycles. The van der Waals surface area contributed by atoms with Crippen molar-refractivity contribution >= 4 is 11.4 Å². The molecule has 0 heterocycles. The van der Waals surface area contributed by atoms with Crippen molar-refractivity contribution in [2.45, 2.75) is 45.4 Å². The lowest BCUT2D eigenvalue weighted by atomic mass is 9.95. The van der Waals surface area contributed by atoms with Crippen LogP contribution in [-0.4, -0.2) is 26.9 Å². The second-order valence-corrected chi connectivity index (χ2v) is 10.8. The van der Waals surface area contributed by atoms with Gasteiger partial charge in [-0.3, -0.25) is 14.9 Å². The summed E-state index contributed by atoms with van der Waals surface area (Å²) in [7, 11) is 4.50. The molecule has 0 aromatic heterocycles. The van der Waals surface area contributed by atoms with Gasteiger partial charge in [-0.15, -0.1) is 0 Å². The highest BCUT2D eigenvalue weighted by atomic mass is 19.1. The van der Waals surface area contributed by atoms with Crippen LogP contribution in [0.2, 0.25) is 0 Å². The zero-order valence-electron chi connectivity index (χ0n) is 24.6. The molecule has 2 unspecified atom stereocenters. The Kier molecular flexibility index (Phi) is 8.86. The highest BCUT2D eigenvalue weighted by molar-refractivity contribution is 5.76. The fourth-order valence-electron chi connectivity index (χ4n) is 4.62. The first kappa shape index (κ1) is 30.5. The van der Waals surface area contributed by atoms with Gasteiger partial charge >= 0.3 is 0 Å². The van der Waals surface area contributed by atoms with Crippen LogP contribution >= 0.6 is 0 Å². The molecule has 222 valence electrons. The Morgan fingerprint density at radius 2 is 1.38 bits per heavy atom. The summed E-state index contributed by atoms with van der Waals surface area (Å²) in [4.78, 5) is 24.9. The van der Waals surface area contributed by atoms with Crippen LogP contribution in [0.25, 0.3) is 0 Å². The molecule has 0 aliphatic rings. The predicted molar refractivity (Wildman–Crippen MR) is 157 cm³/mol. The first-order valence-corrected chi connectivity index (χ1v) is 13.3. The van der Waals surface area contributed by atoms with Crippen molar-refractivity contribution in [2.24, 2.45) is 0 Å². The molecule has 0 aliphatic carbocycles. The summed E-state index contributed by atoms with van der Waals surface area (Å²) >= 11 is 0. The number of methoxy groups -OCH3 is 3. The number of hydrogen-bond donors (Lipinski definition) is 2. The molecule has 4 aromatic rings. The normalized spacial score (nSPS) is 13.0. The van der Waals surface area contributed by atoms with E-state index in [2.05, 4.69) is 10.6 Å². The third kappa shape index (κ3) is 6.54. The van der Waals surface area contributed by atoms with Gasteiger partial charge in [0.05, 0.1) is 33.1 Å². The van der Waals surface area contributed by atoms with Crippen LogP contribution in [0.1, 0.15) is 56.5 Å². The summed E-state index contributed by atoms with van der Waals surface area (Å²) in [6.07, 6.45) is 0. The first-order valence-electron chi connectivity index (χ1n) is 13.3. The Morgan fingerprint density at radius 1 is 0.738 bits per heavy atom. The van der Waals surface area contributed by atoms with Crippen LogP contribution in [0.4, 0.5) is 20.2 Å². The third-order valence-electron chi connectivity index (χ3n) is 6.62. The van der Waals surface area contributed by atoms with Crippen LogP contribution < -0.4 is 40.4 Å². The summed E-state index contributed by atoms with van der Waals surface area (Å²) in [6.45, 7) is 7.11. The van der Waals surface area contributed by atoms with Crippen LogP contribution in [-0.2, 0) is 0 Å². The van der Waals surface area contributed by atoms with Crippen molar-refractivity contribution < 1.29 is 27.7 Å². The van der Waals surface area contributed by atoms with Gasteiger partial charge in [-0.1, -0.05) is 12.1 Å². The van der Waals surface area contributed by atoms with E-state index in [4.69, 9.17) is 18.9 Å². The number of halogens is 2. The molecular formula is C32H34F2N2O6. The summed E-state index contributed by atoms with van der Waals surface area (Å²) < 4.78 is 50.4. The average molecular weight is 581 g/mol. The summed E-state index contributed by atoms with van der Waals surface area (Å²) in [5.41, 5.74) is 0.100. The quantitative estimate of drug-likeness (QED) is 0.210.